The third-order valence-electron chi connectivity index (χ3n) is 4.17. The number of carbonyl (C=O) groups is 1. The molecule has 0 aromatic rings. The lowest BCUT2D eigenvalue weighted by molar-refractivity contribution is 0.0488. The molecule has 0 aliphatic heterocycles. The smallest absolute Gasteiger partial charge is 0.407 e. The van der Waals surface area contributed by atoms with Gasteiger partial charge in [-0.25, -0.2) is 4.79 Å². The second-order valence-corrected chi connectivity index (χ2v) is 7.74. The van der Waals surface area contributed by atoms with Gasteiger partial charge in [0.05, 0.1) is 0 Å². The first-order chi connectivity index (χ1) is 10.2. The van der Waals surface area contributed by atoms with E-state index < -0.39 is 5.60 Å². The molecule has 0 spiro atoms. The molecule has 130 valence electrons. The van der Waals surface area contributed by atoms with E-state index in [0.717, 1.165) is 32.4 Å². The zero-order valence-corrected chi connectivity index (χ0v) is 15.2. The molecule has 0 aromatic carbocycles. The van der Waals surface area contributed by atoms with Crippen molar-refractivity contribution in [2.24, 2.45) is 0 Å². The number of nitrogens with one attached hydrogen (secondary N) is 2. The quantitative estimate of drug-likeness (QED) is 0.792. The number of amides is 1. The maximum atomic E-state index is 11.9. The third-order valence-corrected chi connectivity index (χ3v) is 4.17. The number of hydrogen-bond donors (Lipinski definition) is 2. The Labute approximate surface area is 136 Å². The number of ether oxygens (including phenoxy) is 1. The molecule has 2 unspecified atom stereocenters. The molecule has 5 heteroatoms. The van der Waals surface area contributed by atoms with Gasteiger partial charge in [0.2, 0.25) is 0 Å². The van der Waals surface area contributed by atoms with Crippen LogP contribution in [0.5, 0.6) is 0 Å². The lowest BCUT2D eigenvalue weighted by Crippen LogP contribution is -2.47. The SMILES string of the molecule is CC(C)N(C)CCNC1CCCC(NC(=O)OC(C)(C)C)C1. The first-order valence-electron chi connectivity index (χ1n) is 8.60. The van der Waals surface area contributed by atoms with Gasteiger partial charge in [0.1, 0.15) is 5.60 Å². The van der Waals surface area contributed by atoms with Gasteiger partial charge in [-0.2, -0.15) is 0 Å². The Morgan fingerprint density at radius 1 is 1.27 bits per heavy atom. The summed E-state index contributed by atoms with van der Waals surface area (Å²) in [6.07, 6.45) is 4.09. The predicted octanol–water partition coefficient (Wildman–Crippen LogP) is 2.75. The van der Waals surface area contributed by atoms with Crippen LogP contribution in [0.25, 0.3) is 0 Å². The van der Waals surface area contributed by atoms with Crippen molar-refractivity contribution in [3.63, 3.8) is 0 Å². The molecular weight excluding hydrogens is 278 g/mol. The predicted molar refractivity (Wildman–Crippen MR) is 91.2 cm³/mol. The molecule has 0 bridgehead atoms. The van der Waals surface area contributed by atoms with Crippen molar-refractivity contribution in [3.8, 4) is 0 Å². The average Bonchev–Trinajstić information content (AvgIpc) is 2.36. The van der Waals surface area contributed by atoms with Crippen LogP contribution in [0.2, 0.25) is 0 Å². The Balaban J connectivity index is 2.28. The molecule has 0 aromatic heterocycles. The van der Waals surface area contributed by atoms with Crippen molar-refractivity contribution in [2.45, 2.75) is 84.0 Å². The van der Waals surface area contributed by atoms with Crippen LogP contribution in [0.15, 0.2) is 0 Å². The highest BCUT2D eigenvalue weighted by atomic mass is 16.6. The number of nitrogens with zero attached hydrogens (tertiary/aromatic N) is 1. The van der Waals surface area contributed by atoms with Crippen LogP contribution >= 0.6 is 0 Å². The third kappa shape index (κ3) is 7.99. The molecule has 1 fully saturated rings. The van der Waals surface area contributed by atoms with Crippen molar-refractivity contribution in [2.75, 3.05) is 20.1 Å². The van der Waals surface area contributed by atoms with Gasteiger partial charge >= 0.3 is 6.09 Å². The van der Waals surface area contributed by atoms with Crippen molar-refractivity contribution in [1.82, 2.24) is 15.5 Å². The second kappa shape index (κ2) is 8.73. The average molecular weight is 313 g/mol. The topological polar surface area (TPSA) is 53.6 Å². The van der Waals surface area contributed by atoms with Gasteiger partial charge in [-0.15, -0.1) is 0 Å². The first-order valence-corrected chi connectivity index (χ1v) is 8.60. The summed E-state index contributed by atoms with van der Waals surface area (Å²) < 4.78 is 5.34. The molecule has 1 aliphatic carbocycles. The molecule has 1 rings (SSSR count). The number of carbonyl (C=O) groups excluding carboxylic acids is 1. The van der Waals surface area contributed by atoms with Gasteiger partial charge in [-0.3, -0.25) is 0 Å². The summed E-state index contributed by atoms with van der Waals surface area (Å²) in [5.74, 6) is 0. The van der Waals surface area contributed by atoms with Gasteiger partial charge in [-0.1, -0.05) is 0 Å². The molecule has 22 heavy (non-hydrogen) atoms. The molecule has 1 amide bonds. The van der Waals surface area contributed by atoms with Gasteiger partial charge in [-0.05, 0) is 67.3 Å². The molecule has 0 saturated heterocycles. The van der Waals surface area contributed by atoms with Gasteiger partial charge < -0.3 is 20.3 Å². The lowest BCUT2D eigenvalue weighted by atomic mass is 9.91. The molecule has 1 aliphatic rings. The molecule has 5 nitrogen and oxygen atoms in total. The Hall–Kier alpha value is -0.810. The maximum Gasteiger partial charge on any atom is 0.407 e. The van der Waals surface area contributed by atoms with Crippen molar-refractivity contribution >= 4 is 6.09 Å². The summed E-state index contributed by atoms with van der Waals surface area (Å²) >= 11 is 0. The summed E-state index contributed by atoms with van der Waals surface area (Å²) in [7, 11) is 2.15. The van der Waals surface area contributed by atoms with Crippen LogP contribution in [0.4, 0.5) is 4.79 Å². The van der Waals surface area contributed by atoms with Crippen LogP contribution in [-0.2, 0) is 4.74 Å². The highest BCUT2D eigenvalue weighted by molar-refractivity contribution is 5.68. The number of rotatable bonds is 6. The normalized spacial score (nSPS) is 22.9. The summed E-state index contributed by atoms with van der Waals surface area (Å²) in [5, 5.41) is 6.64. The van der Waals surface area contributed by atoms with E-state index in [1.807, 2.05) is 20.8 Å². The van der Waals surface area contributed by atoms with Crippen LogP contribution in [0.3, 0.4) is 0 Å². The van der Waals surface area contributed by atoms with Crippen LogP contribution in [0.1, 0.15) is 60.3 Å². The van der Waals surface area contributed by atoms with Crippen LogP contribution in [0, 0.1) is 0 Å². The summed E-state index contributed by atoms with van der Waals surface area (Å²) in [6, 6.07) is 1.30. The molecule has 2 N–H and O–H groups in total. The summed E-state index contributed by atoms with van der Waals surface area (Å²) in [4.78, 5) is 14.2. The Morgan fingerprint density at radius 2 is 1.91 bits per heavy atom. The Morgan fingerprint density at radius 3 is 2.50 bits per heavy atom. The van der Waals surface area contributed by atoms with Gasteiger partial charge in [0.15, 0.2) is 0 Å². The summed E-state index contributed by atoms with van der Waals surface area (Å²) in [6.45, 7) is 12.1. The fraction of sp³-hybridized carbons (Fsp3) is 0.941. The molecule has 0 radical (unpaired) electrons. The van der Waals surface area contributed by atoms with Gasteiger partial charge in [0.25, 0.3) is 0 Å². The highest BCUT2D eigenvalue weighted by Gasteiger charge is 2.25. The van der Waals surface area contributed by atoms with Crippen molar-refractivity contribution in [1.29, 1.82) is 0 Å². The Bertz CT molecular complexity index is 339. The standard InChI is InChI=1S/C17H35N3O2/c1-13(2)20(6)11-10-18-14-8-7-9-15(12-14)19-16(21)22-17(3,4)5/h13-15,18H,7-12H2,1-6H3,(H,19,21). The van der Waals surface area contributed by atoms with Crippen LogP contribution in [-0.4, -0.2) is 54.9 Å². The Kier molecular flexibility index (Phi) is 7.63. The van der Waals surface area contributed by atoms with Crippen LogP contribution < -0.4 is 10.6 Å². The largest absolute Gasteiger partial charge is 0.444 e. The van der Waals surface area contributed by atoms with E-state index in [4.69, 9.17) is 4.74 Å². The van der Waals surface area contributed by atoms with E-state index in [2.05, 4.69) is 36.4 Å². The minimum absolute atomic E-state index is 0.226. The molecule has 1 saturated carbocycles. The monoisotopic (exact) mass is 313 g/mol. The van der Waals surface area contributed by atoms with E-state index in [1.165, 1.54) is 6.42 Å². The maximum absolute atomic E-state index is 11.9. The van der Waals surface area contributed by atoms with Gasteiger partial charge in [0, 0.05) is 31.2 Å². The molecule has 0 heterocycles. The molecule has 2 atom stereocenters. The van der Waals surface area contributed by atoms with E-state index in [1.54, 1.807) is 0 Å². The zero-order valence-electron chi connectivity index (χ0n) is 15.2. The summed E-state index contributed by atoms with van der Waals surface area (Å²) in [5.41, 5.74) is -0.433. The number of likely N-dealkylation sites (N-methyl/N-ethyl adjacent to an activating group) is 1. The van der Waals surface area contributed by atoms with E-state index in [0.29, 0.717) is 12.1 Å². The van der Waals surface area contributed by atoms with Crippen molar-refractivity contribution < 1.29 is 9.53 Å². The zero-order chi connectivity index (χ0) is 16.8. The second-order valence-electron chi connectivity index (χ2n) is 7.74. The fourth-order valence-electron chi connectivity index (χ4n) is 2.68. The first kappa shape index (κ1) is 19.2. The van der Waals surface area contributed by atoms with E-state index >= 15 is 0 Å². The number of hydrogen-bond acceptors (Lipinski definition) is 4. The minimum atomic E-state index is -0.433. The minimum Gasteiger partial charge on any atom is -0.444 e. The highest BCUT2D eigenvalue weighted by Crippen LogP contribution is 2.19. The number of alkyl carbamates (subject to hydrolysis) is 1. The van der Waals surface area contributed by atoms with E-state index in [9.17, 15) is 4.79 Å². The van der Waals surface area contributed by atoms with E-state index in [-0.39, 0.29) is 12.1 Å². The lowest BCUT2D eigenvalue weighted by Gasteiger charge is -2.32. The van der Waals surface area contributed by atoms with Crippen molar-refractivity contribution in [3.05, 3.63) is 0 Å². The fourth-order valence-corrected chi connectivity index (χ4v) is 2.68. The molecular formula is C17H35N3O2.